The molecule has 2 N–H and O–H groups in total. The molecule has 19 heavy (non-hydrogen) atoms. The Labute approximate surface area is 113 Å². The van der Waals surface area contributed by atoms with Crippen molar-refractivity contribution in [3.8, 4) is 0 Å². The third kappa shape index (κ3) is 5.55. The van der Waals surface area contributed by atoms with E-state index in [0.29, 0.717) is 12.0 Å². The fourth-order valence-electron chi connectivity index (χ4n) is 1.82. The molecule has 2 unspecified atom stereocenters. The zero-order chi connectivity index (χ0) is 14.3. The molecule has 1 rings (SSSR count). The van der Waals surface area contributed by atoms with Crippen LogP contribution in [0.3, 0.4) is 0 Å². The Morgan fingerprint density at radius 3 is 2.37 bits per heavy atom. The minimum Gasteiger partial charge on any atom is -0.481 e. The third-order valence-corrected chi connectivity index (χ3v) is 3.11. The molecule has 4 heteroatoms. The summed E-state index contributed by atoms with van der Waals surface area (Å²) in [5, 5.41) is 11.7. The van der Waals surface area contributed by atoms with Gasteiger partial charge in [0.05, 0.1) is 5.92 Å². The summed E-state index contributed by atoms with van der Waals surface area (Å²) in [4.78, 5) is 22.5. The molecule has 1 aromatic carbocycles. The Hall–Kier alpha value is -1.84. The zero-order valence-electron chi connectivity index (χ0n) is 11.4. The van der Waals surface area contributed by atoms with Crippen molar-refractivity contribution < 1.29 is 14.7 Å². The van der Waals surface area contributed by atoms with E-state index < -0.39 is 5.97 Å². The first kappa shape index (κ1) is 15.2. The lowest BCUT2D eigenvalue weighted by molar-refractivity contribution is -0.141. The summed E-state index contributed by atoms with van der Waals surface area (Å²) >= 11 is 0. The van der Waals surface area contributed by atoms with Crippen LogP contribution in [0.4, 0.5) is 0 Å². The van der Waals surface area contributed by atoms with Crippen molar-refractivity contribution in [2.75, 3.05) is 0 Å². The summed E-state index contributed by atoms with van der Waals surface area (Å²) in [6.07, 6.45) is 2.22. The van der Waals surface area contributed by atoms with Crippen LogP contribution >= 0.6 is 0 Å². The largest absolute Gasteiger partial charge is 0.481 e. The van der Waals surface area contributed by atoms with Crippen LogP contribution in [0.2, 0.25) is 0 Å². The Morgan fingerprint density at radius 2 is 1.79 bits per heavy atom. The smallest absolute Gasteiger partial charge is 0.306 e. The lowest BCUT2D eigenvalue weighted by Crippen LogP contribution is -2.32. The normalized spacial score (nSPS) is 13.6. The van der Waals surface area contributed by atoms with Crippen molar-refractivity contribution in [1.82, 2.24) is 5.32 Å². The number of hydrogen-bond acceptors (Lipinski definition) is 2. The second kappa shape index (κ2) is 7.56. The van der Waals surface area contributed by atoms with E-state index in [0.717, 1.165) is 12.8 Å². The highest BCUT2D eigenvalue weighted by molar-refractivity contribution is 5.94. The van der Waals surface area contributed by atoms with E-state index >= 15 is 0 Å². The van der Waals surface area contributed by atoms with Crippen LogP contribution in [0.1, 0.15) is 43.5 Å². The van der Waals surface area contributed by atoms with Crippen molar-refractivity contribution in [3.63, 3.8) is 0 Å². The van der Waals surface area contributed by atoms with Gasteiger partial charge in [-0.05, 0) is 31.9 Å². The number of carboxylic acid groups (broad SMARTS) is 1. The summed E-state index contributed by atoms with van der Waals surface area (Å²) in [5.74, 6) is -1.17. The average molecular weight is 263 g/mol. The molecule has 0 spiro atoms. The standard InChI is InChI=1S/C15H21NO3/c1-11(15(18)19)7-6-8-12(2)16-14(17)13-9-4-3-5-10-13/h3-5,9-12H,6-8H2,1-2H3,(H,16,17)(H,18,19). The van der Waals surface area contributed by atoms with E-state index in [1.165, 1.54) is 0 Å². The average Bonchev–Trinajstić information content (AvgIpc) is 2.39. The topological polar surface area (TPSA) is 66.4 Å². The van der Waals surface area contributed by atoms with Crippen molar-refractivity contribution in [2.45, 2.75) is 39.2 Å². The molecule has 0 saturated heterocycles. The number of aliphatic carboxylic acids is 1. The molecule has 4 nitrogen and oxygen atoms in total. The first-order valence-electron chi connectivity index (χ1n) is 6.59. The van der Waals surface area contributed by atoms with E-state index in [1.807, 2.05) is 25.1 Å². The van der Waals surface area contributed by atoms with Crippen LogP contribution in [0.15, 0.2) is 30.3 Å². The van der Waals surface area contributed by atoms with E-state index in [4.69, 9.17) is 5.11 Å². The number of hydrogen-bond donors (Lipinski definition) is 2. The first-order valence-corrected chi connectivity index (χ1v) is 6.59. The molecule has 0 aliphatic heterocycles. The van der Waals surface area contributed by atoms with Crippen LogP contribution in [-0.4, -0.2) is 23.0 Å². The third-order valence-electron chi connectivity index (χ3n) is 3.11. The second-order valence-electron chi connectivity index (χ2n) is 4.91. The molecule has 1 amide bonds. The summed E-state index contributed by atoms with van der Waals surface area (Å²) in [6.45, 7) is 3.64. The highest BCUT2D eigenvalue weighted by atomic mass is 16.4. The Bertz CT molecular complexity index is 417. The molecule has 1 aromatic rings. The van der Waals surface area contributed by atoms with E-state index in [2.05, 4.69) is 5.32 Å². The van der Waals surface area contributed by atoms with Gasteiger partial charge in [0.15, 0.2) is 0 Å². The molecule has 0 radical (unpaired) electrons. The first-order chi connectivity index (χ1) is 9.00. The lowest BCUT2D eigenvalue weighted by atomic mass is 10.0. The molecule has 0 fully saturated rings. The van der Waals surface area contributed by atoms with E-state index in [9.17, 15) is 9.59 Å². The molecule has 104 valence electrons. The van der Waals surface area contributed by atoms with Gasteiger partial charge in [0, 0.05) is 11.6 Å². The Balaban J connectivity index is 2.30. The SMILES string of the molecule is CC(CCCC(C)C(=O)O)NC(=O)c1ccccc1. The van der Waals surface area contributed by atoms with Crippen LogP contribution in [-0.2, 0) is 4.79 Å². The van der Waals surface area contributed by atoms with Gasteiger partial charge in [-0.15, -0.1) is 0 Å². The van der Waals surface area contributed by atoms with E-state index in [1.54, 1.807) is 19.1 Å². The van der Waals surface area contributed by atoms with Gasteiger partial charge in [0.2, 0.25) is 0 Å². The monoisotopic (exact) mass is 263 g/mol. The number of carboxylic acids is 1. The van der Waals surface area contributed by atoms with Gasteiger partial charge in [-0.2, -0.15) is 0 Å². The van der Waals surface area contributed by atoms with Crippen LogP contribution in [0, 0.1) is 5.92 Å². The summed E-state index contributed by atoms with van der Waals surface area (Å²) in [5.41, 5.74) is 0.647. The molecule has 0 aliphatic rings. The second-order valence-corrected chi connectivity index (χ2v) is 4.91. The molecule has 0 heterocycles. The molecular formula is C15H21NO3. The number of carbonyl (C=O) groups is 2. The van der Waals surface area contributed by atoms with Crippen LogP contribution in [0.5, 0.6) is 0 Å². The van der Waals surface area contributed by atoms with Gasteiger partial charge in [-0.25, -0.2) is 0 Å². The molecular weight excluding hydrogens is 242 g/mol. The molecule has 0 bridgehead atoms. The van der Waals surface area contributed by atoms with Gasteiger partial charge in [0.1, 0.15) is 0 Å². The Kier molecular flexibility index (Phi) is 6.06. The van der Waals surface area contributed by atoms with Crippen LogP contribution in [0.25, 0.3) is 0 Å². The summed E-state index contributed by atoms with van der Waals surface area (Å²) in [7, 11) is 0. The fraction of sp³-hybridized carbons (Fsp3) is 0.467. The predicted molar refractivity (Wildman–Crippen MR) is 74.0 cm³/mol. The molecule has 2 atom stereocenters. The van der Waals surface area contributed by atoms with Crippen molar-refractivity contribution in [1.29, 1.82) is 0 Å². The lowest BCUT2D eigenvalue weighted by Gasteiger charge is -2.14. The minimum atomic E-state index is -0.763. The maximum atomic E-state index is 11.9. The maximum Gasteiger partial charge on any atom is 0.306 e. The number of amides is 1. The van der Waals surface area contributed by atoms with Gasteiger partial charge in [-0.3, -0.25) is 9.59 Å². The zero-order valence-corrected chi connectivity index (χ0v) is 11.4. The highest BCUT2D eigenvalue weighted by Gasteiger charge is 2.12. The molecule has 0 saturated carbocycles. The Morgan fingerprint density at radius 1 is 1.16 bits per heavy atom. The van der Waals surface area contributed by atoms with Crippen molar-refractivity contribution in [3.05, 3.63) is 35.9 Å². The van der Waals surface area contributed by atoms with Gasteiger partial charge >= 0.3 is 5.97 Å². The number of carbonyl (C=O) groups excluding carboxylic acids is 1. The van der Waals surface area contributed by atoms with Crippen LogP contribution < -0.4 is 5.32 Å². The predicted octanol–water partition coefficient (Wildman–Crippen LogP) is 2.70. The van der Waals surface area contributed by atoms with Gasteiger partial charge in [0.25, 0.3) is 5.91 Å². The quantitative estimate of drug-likeness (QED) is 0.794. The summed E-state index contributed by atoms with van der Waals surface area (Å²) < 4.78 is 0. The number of benzene rings is 1. The highest BCUT2D eigenvalue weighted by Crippen LogP contribution is 2.10. The molecule has 0 aliphatic carbocycles. The maximum absolute atomic E-state index is 11.9. The number of rotatable bonds is 7. The van der Waals surface area contributed by atoms with E-state index in [-0.39, 0.29) is 17.9 Å². The minimum absolute atomic E-state index is 0.0497. The molecule has 0 aromatic heterocycles. The van der Waals surface area contributed by atoms with Crippen molar-refractivity contribution >= 4 is 11.9 Å². The number of nitrogens with one attached hydrogen (secondary N) is 1. The van der Waals surface area contributed by atoms with Crippen molar-refractivity contribution in [2.24, 2.45) is 5.92 Å². The summed E-state index contributed by atoms with van der Waals surface area (Å²) in [6, 6.07) is 9.12. The fourth-order valence-corrected chi connectivity index (χ4v) is 1.82. The van der Waals surface area contributed by atoms with Gasteiger partial charge in [-0.1, -0.05) is 31.5 Å². The van der Waals surface area contributed by atoms with Gasteiger partial charge < -0.3 is 10.4 Å².